The fourth-order valence-electron chi connectivity index (χ4n) is 1.89. The van der Waals surface area contributed by atoms with E-state index in [0.717, 1.165) is 0 Å². The standard InChI is InChI=1S/C13H7Cl2N3O2/c14-8-2-1-3-11(12(8)15)18-10-5-4-7(13(19)20)6-9(10)16-17-18/h1-6H,(H,19,20). The lowest BCUT2D eigenvalue weighted by Gasteiger charge is -2.06. The van der Waals surface area contributed by atoms with E-state index >= 15 is 0 Å². The Labute approximate surface area is 123 Å². The summed E-state index contributed by atoms with van der Waals surface area (Å²) < 4.78 is 1.52. The van der Waals surface area contributed by atoms with E-state index in [1.165, 1.54) is 16.8 Å². The summed E-state index contributed by atoms with van der Waals surface area (Å²) in [6.07, 6.45) is 0. The number of hydrogen-bond acceptors (Lipinski definition) is 3. The maximum Gasteiger partial charge on any atom is 0.335 e. The lowest BCUT2D eigenvalue weighted by molar-refractivity contribution is 0.0697. The van der Waals surface area contributed by atoms with Crippen LogP contribution >= 0.6 is 23.2 Å². The van der Waals surface area contributed by atoms with Crippen molar-refractivity contribution in [2.75, 3.05) is 0 Å². The number of aromatic carboxylic acids is 1. The molecular formula is C13H7Cl2N3O2. The monoisotopic (exact) mass is 307 g/mol. The van der Waals surface area contributed by atoms with E-state index in [4.69, 9.17) is 28.3 Å². The largest absolute Gasteiger partial charge is 0.478 e. The van der Waals surface area contributed by atoms with Gasteiger partial charge < -0.3 is 5.11 Å². The first kappa shape index (κ1) is 12.9. The van der Waals surface area contributed by atoms with Crippen LogP contribution in [0.1, 0.15) is 10.4 Å². The quantitative estimate of drug-likeness (QED) is 0.787. The summed E-state index contributed by atoms with van der Waals surface area (Å²) in [5, 5.41) is 17.7. The summed E-state index contributed by atoms with van der Waals surface area (Å²) in [6, 6.07) is 9.77. The van der Waals surface area contributed by atoms with Gasteiger partial charge in [0.05, 0.1) is 26.8 Å². The lowest BCUT2D eigenvalue weighted by atomic mass is 10.2. The molecule has 3 rings (SSSR count). The molecule has 3 aromatic rings. The van der Waals surface area contributed by atoms with Crippen molar-refractivity contribution in [3.8, 4) is 5.69 Å². The number of halogens is 2. The summed E-state index contributed by atoms with van der Waals surface area (Å²) >= 11 is 12.1. The summed E-state index contributed by atoms with van der Waals surface area (Å²) in [5.41, 5.74) is 1.87. The van der Waals surface area contributed by atoms with Crippen LogP contribution in [0.4, 0.5) is 0 Å². The van der Waals surface area contributed by atoms with Crippen molar-refractivity contribution in [1.29, 1.82) is 0 Å². The van der Waals surface area contributed by atoms with Gasteiger partial charge in [-0.25, -0.2) is 9.48 Å². The van der Waals surface area contributed by atoms with Gasteiger partial charge in [0.1, 0.15) is 5.52 Å². The maximum atomic E-state index is 10.9. The zero-order chi connectivity index (χ0) is 14.3. The van der Waals surface area contributed by atoms with E-state index in [0.29, 0.717) is 26.8 Å². The first-order valence-electron chi connectivity index (χ1n) is 5.61. The number of rotatable bonds is 2. The number of aromatic nitrogens is 3. The second kappa shape index (κ2) is 4.77. The van der Waals surface area contributed by atoms with Crippen LogP contribution in [0.15, 0.2) is 36.4 Å². The minimum atomic E-state index is -1.01. The Morgan fingerprint density at radius 3 is 2.75 bits per heavy atom. The van der Waals surface area contributed by atoms with Crippen LogP contribution in [0.5, 0.6) is 0 Å². The number of benzene rings is 2. The highest BCUT2D eigenvalue weighted by molar-refractivity contribution is 6.43. The minimum Gasteiger partial charge on any atom is -0.478 e. The minimum absolute atomic E-state index is 0.154. The fourth-order valence-corrected chi connectivity index (χ4v) is 2.27. The van der Waals surface area contributed by atoms with Gasteiger partial charge in [0.25, 0.3) is 0 Å². The van der Waals surface area contributed by atoms with Crippen molar-refractivity contribution < 1.29 is 9.90 Å². The smallest absolute Gasteiger partial charge is 0.335 e. The number of hydrogen-bond donors (Lipinski definition) is 1. The van der Waals surface area contributed by atoms with E-state index in [-0.39, 0.29) is 5.56 Å². The van der Waals surface area contributed by atoms with Crippen LogP contribution < -0.4 is 0 Å². The van der Waals surface area contributed by atoms with E-state index < -0.39 is 5.97 Å². The highest BCUT2D eigenvalue weighted by Crippen LogP contribution is 2.29. The fraction of sp³-hybridized carbons (Fsp3) is 0. The highest BCUT2D eigenvalue weighted by Gasteiger charge is 2.13. The number of carboxylic acids is 1. The van der Waals surface area contributed by atoms with Gasteiger partial charge in [-0.2, -0.15) is 0 Å². The first-order chi connectivity index (χ1) is 9.58. The lowest BCUT2D eigenvalue weighted by Crippen LogP contribution is -1.98. The van der Waals surface area contributed by atoms with E-state index in [2.05, 4.69) is 10.3 Å². The zero-order valence-corrected chi connectivity index (χ0v) is 11.4. The molecule has 0 aliphatic carbocycles. The molecular weight excluding hydrogens is 301 g/mol. The molecule has 0 radical (unpaired) electrons. The van der Waals surface area contributed by atoms with Gasteiger partial charge in [-0.15, -0.1) is 5.10 Å². The summed E-state index contributed by atoms with van der Waals surface area (Å²) in [7, 11) is 0. The molecule has 1 aromatic heterocycles. The molecule has 5 nitrogen and oxygen atoms in total. The van der Waals surface area contributed by atoms with Crippen molar-refractivity contribution in [2.45, 2.75) is 0 Å². The van der Waals surface area contributed by atoms with Gasteiger partial charge in [0, 0.05) is 0 Å². The molecule has 0 aliphatic heterocycles. The molecule has 0 aliphatic rings. The van der Waals surface area contributed by atoms with Crippen LogP contribution in [0.2, 0.25) is 10.0 Å². The first-order valence-corrected chi connectivity index (χ1v) is 6.36. The summed E-state index contributed by atoms with van der Waals surface area (Å²) in [6.45, 7) is 0. The molecule has 0 spiro atoms. The predicted octanol–water partition coefficient (Wildman–Crippen LogP) is 3.43. The van der Waals surface area contributed by atoms with Crippen molar-refractivity contribution in [1.82, 2.24) is 15.0 Å². The Morgan fingerprint density at radius 2 is 2.00 bits per heavy atom. The molecule has 7 heteroatoms. The third kappa shape index (κ3) is 2.01. The normalized spacial score (nSPS) is 10.9. The SMILES string of the molecule is O=C(O)c1ccc2c(c1)nnn2-c1cccc(Cl)c1Cl. The van der Waals surface area contributed by atoms with Crippen LogP contribution in [0.25, 0.3) is 16.7 Å². The van der Waals surface area contributed by atoms with Crippen LogP contribution in [0, 0.1) is 0 Å². The zero-order valence-electron chi connectivity index (χ0n) is 9.92. The molecule has 20 heavy (non-hydrogen) atoms. The Morgan fingerprint density at radius 1 is 1.20 bits per heavy atom. The third-order valence-corrected chi connectivity index (χ3v) is 3.66. The number of nitrogens with zero attached hydrogens (tertiary/aromatic N) is 3. The van der Waals surface area contributed by atoms with Gasteiger partial charge in [-0.05, 0) is 30.3 Å². The Kier molecular flexibility index (Phi) is 3.08. The van der Waals surface area contributed by atoms with Crippen molar-refractivity contribution >= 4 is 40.2 Å². The molecule has 2 aromatic carbocycles. The van der Waals surface area contributed by atoms with Gasteiger partial charge in [0.2, 0.25) is 0 Å². The Bertz CT molecular complexity index is 830. The van der Waals surface area contributed by atoms with Crippen molar-refractivity contribution in [3.05, 3.63) is 52.0 Å². The predicted molar refractivity (Wildman–Crippen MR) is 75.8 cm³/mol. The molecule has 0 atom stereocenters. The van der Waals surface area contributed by atoms with E-state index in [9.17, 15) is 4.79 Å². The molecule has 0 amide bonds. The van der Waals surface area contributed by atoms with Crippen LogP contribution in [0.3, 0.4) is 0 Å². The average Bonchev–Trinajstić information content (AvgIpc) is 2.84. The molecule has 0 fully saturated rings. The van der Waals surface area contributed by atoms with Crippen molar-refractivity contribution in [3.63, 3.8) is 0 Å². The highest BCUT2D eigenvalue weighted by atomic mass is 35.5. The van der Waals surface area contributed by atoms with Crippen molar-refractivity contribution in [2.24, 2.45) is 0 Å². The molecule has 0 bridgehead atoms. The second-order valence-corrected chi connectivity index (χ2v) is 4.87. The molecule has 0 saturated carbocycles. The molecule has 0 unspecified atom stereocenters. The molecule has 1 heterocycles. The van der Waals surface area contributed by atoms with Gasteiger partial charge in [-0.1, -0.05) is 34.5 Å². The number of carbonyl (C=O) groups is 1. The van der Waals surface area contributed by atoms with E-state index in [1.807, 2.05) is 0 Å². The van der Waals surface area contributed by atoms with Crippen LogP contribution in [-0.4, -0.2) is 26.1 Å². The molecule has 100 valence electrons. The summed E-state index contributed by atoms with van der Waals surface area (Å²) in [5.74, 6) is -1.01. The number of fused-ring (bicyclic) bond motifs is 1. The molecule has 1 N–H and O–H groups in total. The molecule has 0 saturated heterocycles. The van der Waals surface area contributed by atoms with Crippen LogP contribution in [-0.2, 0) is 0 Å². The van der Waals surface area contributed by atoms with Gasteiger partial charge >= 0.3 is 5.97 Å². The summed E-state index contributed by atoms with van der Waals surface area (Å²) in [4.78, 5) is 10.9. The third-order valence-electron chi connectivity index (χ3n) is 2.85. The second-order valence-electron chi connectivity index (χ2n) is 4.08. The maximum absolute atomic E-state index is 10.9. The Hall–Kier alpha value is -2.11. The topological polar surface area (TPSA) is 68.0 Å². The number of carboxylic acid groups (broad SMARTS) is 1. The van der Waals surface area contributed by atoms with Gasteiger partial charge in [0.15, 0.2) is 0 Å². The van der Waals surface area contributed by atoms with Gasteiger partial charge in [-0.3, -0.25) is 0 Å². The van der Waals surface area contributed by atoms with E-state index in [1.54, 1.807) is 24.3 Å². The Balaban J connectivity index is 2.23. The average molecular weight is 308 g/mol.